The van der Waals surface area contributed by atoms with Gasteiger partial charge in [-0.25, -0.2) is 4.79 Å². The monoisotopic (exact) mass is 544 g/mol. The van der Waals surface area contributed by atoms with Gasteiger partial charge in [0.05, 0.1) is 6.61 Å². The van der Waals surface area contributed by atoms with Crippen LogP contribution in [0.3, 0.4) is 0 Å². The van der Waals surface area contributed by atoms with Gasteiger partial charge in [-0.1, -0.05) is 98.1 Å². The van der Waals surface area contributed by atoms with Crippen LogP contribution in [0.1, 0.15) is 144 Å². The van der Waals surface area contributed by atoms with Gasteiger partial charge < -0.3 is 4.74 Å². The topological polar surface area (TPSA) is 26.3 Å². The molecule has 0 radical (unpaired) electrons. The van der Waals surface area contributed by atoms with E-state index in [0.717, 1.165) is 48.3 Å². The summed E-state index contributed by atoms with van der Waals surface area (Å²) >= 11 is 1.50. The minimum atomic E-state index is -0.0312. The molecule has 218 valence electrons. The van der Waals surface area contributed by atoms with Gasteiger partial charge in [0.2, 0.25) is 0 Å². The molecule has 0 aromatic carbocycles. The fourth-order valence-corrected chi connectivity index (χ4v) is 10.7. The lowest BCUT2D eigenvalue weighted by molar-refractivity contribution is -0.0497. The first-order valence-electron chi connectivity index (χ1n) is 16.7. The first-order chi connectivity index (χ1) is 18.2. The molecule has 4 rings (SSSR count). The Morgan fingerprint density at radius 3 is 2.53 bits per heavy atom. The number of ether oxygens (including phenoxy) is 1. The Bertz CT molecular complexity index is 804. The summed E-state index contributed by atoms with van der Waals surface area (Å²) in [5, 5.41) is 0.381. The van der Waals surface area contributed by atoms with Gasteiger partial charge in [0.15, 0.2) is 0 Å². The Hall–Kier alpha value is -0.440. The number of allylic oxidation sites excluding steroid dienone is 2. The third kappa shape index (κ3) is 6.71. The van der Waals surface area contributed by atoms with Crippen molar-refractivity contribution in [3.05, 3.63) is 11.6 Å². The number of fused-ring (bicyclic) bond motifs is 5. The molecule has 0 aromatic rings. The van der Waals surface area contributed by atoms with Crippen molar-refractivity contribution < 1.29 is 9.53 Å². The van der Waals surface area contributed by atoms with Crippen LogP contribution in [0.2, 0.25) is 0 Å². The smallest absolute Gasteiger partial charge is 0.367 e. The van der Waals surface area contributed by atoms with Crippen LogP contribution in [-0.2, 0) is 4.74 Å². The van der Waals surface area contributed by atoms with E-state index in [4.69, 9.17) is 4.74 Å². The average Bonchev–Trinajstić information content (AvgIpc) is 3.23. The lowest BCUT2D eigenvalue weighted by Gasteiger charge is -2.58. The summed E-state index contributed by atoms with van der Waals surface area (Å²) in [5.74, 6) is 5.33. The third-order valence-corrected chi connectivity index (χ3v) is 13.0. The van der Waals surface area contributed by atoms with E-state index in [0.29, 0.717) is 22.7 Å². The standard InChI is InChI=1S/C35H60O2S/c1-7-8-9-10-11-23-37-33(36)38-28-19-21-34(5)27(24-28)15-16-29-31-18-17-30(26(4)14-12-13-25(2)3)35(31,6)22-20-32(29)34/h15,25-26,28-32H,7-14,16-24H2,1-6H3/t26-,28-,29-,30+,31-,32-,34-,35+/m0/s1. The Balaban J connectivity index is 1.31. The summed E-state index contributed by atoms with van der Waals surface area (Å²) < 4.78 is 5.60. The van der Waals surface area contributed by atoms with Gasteiger partial charge in [-0.2, -0.15) is 0 Å². The quantitative estimate of drug-likeness (QED) is 0.139. The van der Waals surface area contributed by atoms with Crippen LogP contribution < -0.4 is 0 Å². The van der Waals surface area contributed by atoms with E-state index in [1.165, 1.54) is 102 Å². The predicted octanol–water partition coefficient (Wildman–Crippen LogP) is 11.2. The van der Waals surface area contributed by atoms with Gasteiger partial charge in [0.25, 0.3) is 0 Å². The van der Waals surface area contributed by atoms with Gasteiger partial charge in [0, 0.05) is 5.25 Å². The van der Waals surface area contributed by atoms with E-state index >= 15 is 0 Å². The average molecular weight is 545 g/mol. The number of hydrogen-bond donors (Lipinski definition) is 0. The summed E-state index contributed by atoms with van der Waals surface area (Å²) in [7, 11) is 0. The number of carbonyl (C=O) groups excluding carboxylic acids is 1. The highest BCUT2D eigenvalue weighted by Crippen LogP contribution is 2.67. The number of rotatable bonds is 12. The molecule has 0 bridgehead atoms. The summed E-state index contributed by atoms with van der Waals surface area (Å²) in [4.78, 5) is 12.5. The van der Waals surface area contributed by atoms with E-state index in [-0.39, 0.29) is 5.30 Å². The van der Waals surface area contributed by atoms with E-state index in [1.54, 1.807) is 5.57 Å². The highest BCUT2D eigenvalue weighted by atomic mass is 32.2. The van der Waals surface area contributed by atoms with Crippen molar-refractivity contribution in [3.8, 4) is 0 Å². The maximum Gasteiger partial charge on any atom is 0.367 e. The Kier molecular flexibility index (Phi) is 10.8. The number of hydrogen-bond acceptors (Lipinski definition) is 3. The number of unbranched alkanes of at least 4 members (excludes halogenated alkanes) is 4. The molecule has 4 aliphatic carbocycles. The molecule has 4 aliphatic rings. The molecule has 0 spiro atoms. The fraction of sp³-hybridized carbons (Fsp3) is 0.914. The van der Waals surface area contributed by atoms with Crippen molar-refractivity contribution in [2.45, 2.75) is 150 Å². The Labute approximate surface area is 240 Å². The van der Waals surface area contributed by atoms with Crippen molar-refractivity contribution in [1.82, 2.24) is 0 Å². The first-order valence-corrected chi connectivity index (χ1v) is 17.6. The molecule has 3 saturated carbocycles. The van der Waals surface area contributed by atoms with Gasteiger partial charge in [-0.3, -0.25) is 0 Å². The second-order valence-corrected chi connectivity index (χ2v) is 16.0. The van der Waals surface area contributed by atoms with Crippen molar-refractivity contribution in [3.63, 3.8) is 0 Å². The van der Waals surface area contributed by atoms with Crippen LogP contribution in [0.4, 0.5) is 4.79 Å². The molecule has 3 heteroatoms. The summed E-state index contributed by atoms with van der Waals surface area (Å²) in [6.45, 7) is 15.5. The minimum Gasteiger partial charge on any atom is -0.458 e. The lowest BCUT2D eigenvalue weighted by atomic mass is 9.47. The van der Waals surface area contributed by atoms with Crippen LogP contribution in [-0.4, -0.2) is 17.2 Å². The molecule has 0 aromatic heterocycles. The molecule has 0 aliphatic heterocycles. The second-order valence-electron chi connectivity index (χ2n) is 14.8. The molecule has 0 N–H and O–H groups in total. The highest BCUT2D eigenvalue weighted by Gasteiger charge is 2.59. The van der Waals surface area contributed by atoms with Crippen LogP contribution >= 0.6 is 11.8 Å². The molecule has 0 amide bonds. The Morgan fingerprint density at radius 2 is 1.76 bits per heavy atom. The Morgan fingerprint density at radius 1 is 0.974 bits per heavy atom. The zero-order chi connectivity index (χ0) is 27.3. The van der Waals surface area contributed by atoms with Crippen LogP contribution in [0.5, 0.6) is 0 Å². The zero-order valence-electron chi connectivity index (χ0n) is 25.9. The van der Waals surface area contributed by atoms with Crippen LogP contribution in [0.15, 0.2) is 11.6 Å². The molecular weight excluding hydrogens is 484 g/mol. The van der Waals surface area contributed by atoms with Crippen LogP contribution in [0.25, 0.3) is 0 Å². The van der Waals surface area contributed by atoms with Crippen molar-refractivity contribution in [1.29, 1.82) is 0 Å². The SMILES string of the molecule is CCCCCCCOC(=O)S[C@H]1CC[C@@]2(C)C(=CC[C@H]3[C@@H]4CC[C@H]([C@@H](C)CCCC(C)C)[C@@]4(C)CC[C@@H]32)C1. The predicted molar refractivity (Wildman–Crippen MR) is 165 cm³/mol. The van der Waals surface area contributed by atoms with E-state index in [1.807, 2.05) is 0 Å². The molecule has 8 atom stereocenters. The summed E-state index contributed by atoms with van der Waals surface area (Å²) in [6, 6.07) is 0. The van der Waals surface area contributed by atoms with E-state index in [9.17, 15) is 4.79 Å². The molecule has 0 heterocycles. The zero-order valence-corrected chi connectivity index (χ0v) is 26.7. The maximum absolute atomic E-state index is 12.5. The van der Waals surface area contributed by atoms with Gasteiger partial charge >= 0.3 is 5.30 Å². The molecule has 3 fully saturated rings. The second kappa shape index (κ2) is 13.5. The fourth-order valence-electron chi connectivity index (χ4n) is 9.78. The van der Waals surface area contributed by atoms with Gasteiger partial charge in [-0.15, -0.1) is 0 Å². The largest absolute Gasteiger partial charge is 0.458 e. The lowest BCUT2D eigenvalue weighted by Crippen LogP contribution is -2.50. The molecule has 2 nitrogen and oxygen atoms in total. The molecular formula is C35H60O2S. The van der Waals surface area contributed by atoms with E-state index in [2.05, 4.69) is 47.6 Å². The van der Waals surface area contributed by atoms with Gasteiger partial charge in [-0.05, 0) is 116 Å². The summed E-state index contributed by atoms with van der Waals surface area (Å²) in [5.41, 5.74) is 2.62. The highest BCUT2D eigenvalue weighted by molar-refractivity contribution is 8.13. The third-order valence-electron chi connectivity index (χ3n) is 12.0. The first kappa shape index (κ1) is 30.5. The van der Waals surface area contributed by atoms with Crippen molar-refractivity contribution >= 4 is 17.1 Å². The molecule has 0 saturated heterocycles. The maximum atomic E-state index is 12.5. The summed E-state index contributed by atoms with van der Waals surface area (Å²) in [6.07, 6.45) is 23.6. The van der Waals surface area contributed by atoms with E-state index < -0.39 is 0 Å². The normalized spacial score (nSPS) is 37.2. The molecule has 38 heavy (non-hydrogen) atoms. The minimum absolute atomic E-state index is 0.0312. The van der Waals surface area contributed by atoms with Crippen molar-refractivity contribution in [2.24, 2.45) is 46.3 Å². The van der Waals surface area contributed by atoms with Crippen molar-refractivity contribution in [2.75, 3.05) is 6.61 Å². The molecule has 0 unspecified atom stereocenters. The number of thioether (sulfide) groups is 1. The number of carbonyl (C=O) groups is 1. The van der Waals surface area contributed by atoms with Crippen LogP contribution in [0, 0.1) is 46.3 Å². The van der Waals surface area contributed by atoms with Gasteiger partial charge in [0.1, 0.15) is 0 Å².